The van der Waals surface area contributed by atoms with E-state index in [0.29, 0.717) is 0 Å². The molecule has 0 radical (unpaired) electrons. The Morgan fingerprint density at radius 3 is 2.70 bits per heavy atom. The van der Waals surface area contributed by atoms with Gasteiger partial charge in [0.05, 0.1) is 12.2 Å². The second kappa shape index (κ2) is 5.45. The zero-order valence-electron chi connectivity index (χ0n) is 11.8. The van der Waals surface area contributed by atoms with Gasteiger partial charge in [-0.15, -0.1) is 0 Å². The normalized spacial score (nSPS) is 17.4. The van der Waals surface area contributed by atoms with Gasteiger partial charge < -0.3 is 15.4 Å². The second-order valence-electron chi connectivity index (χ2n) is 5.21. The van der Waals surface area contributed by atoms with Crippen molar-refractivity contribution in [1.82, 2.24) is 0 Å². The second-order valence-corrected chi connectivity index (χ2v) is 5.21. The summed E-state index contributed by atoms with van der Waals surface area (Å²) in [5, 5.41) is 0. The van der Waals surface area contributed by atoms with Crippen molar-refractivity contribution in [2.75, 3.05) is 17.2 Å². The fourth-order valence-corrected chi connectivity index (χ4v) is 2.69. The van der Waals surface area contributed by atoms with Gasteiger partial charge in [0.25, 0.3) is 0 Å². The number of para-hydroxylation sites is 1. The van der Waals surface area contributed by atoms with E-state index >= 15 is 0 Å². The number of hydrogen-bond acceptors (Lipinski definition) is 3. The summed E-state index contributed by atoms with van der Waals surface area (Å²) in [5.74, 6) is 0.902. The molecule has 3 nitrogen and oxygen atoms in total. The Bertz CT molecular complexity index is 583. The Morgan fingerprint density at radius 2 is 1.95 bits per heavy atom. The number of rotatable bonds is 3. The van der Waals surface area contributed by atoms with E-state index in [-0.39, 0.29) is 6.10 Å². The first kappa shape index (κ1) is 12.9. The third kappa shape index (κ3) is 2.44. The smallest absolute Gasteiger partial charge is 0.145 e. The van der Waals surface area contributed by atoms with E-state index in [4.69, 9.17) is 10.5 Å². The van der Waals surface area contributed by atoms with Crippen LogP contribution in [0.5, 0.6) is 5.75 Å². The molecule has 3 rings (SSSR count). The minimum absolute atomic E-state index is 0.230. The van der Waals surface area contributed by atoms with Crippen molar-refractivity contribution in [1.29, 1.82) is 0 Å². The summed E-state index contributed by atoms with van der Waals surface area (Å²) in [6.45, 7) is 3.90. The van der Waals surface area contributed by atoms with Crippen molar-refractivity contribution in [3.63, 3.8) is 0 Å². The van der Waals surface area contributed by atoms with E-state index in [9.17, 15) is 0 Å². The Balaban J connectivity index is 1.94. The van der Waals surface area contributed by atoms with Crippen molar-refractivity contribution < 1.29 is 4.74 Å². The van der Waals surface area contributed by atoms with Crippen LogP contribution in [0.25, 0.3) is 0 Å². The number of ether oxygens (including phenoxy) is 1. The maximum Gasteiger partial charge on any atom is 0.145 e. The summed E-state index contributed by atoms with van der Waals surface area (Å²) in [5.41, 5.74) is 9.25. The summed E-state index contributed by atoms with van der Waals surface area (Å²) >= 11 is 0. The first-order chi connectivity index (χ1) is 9.78. The largest absolute Gasteiger partial charge is 0.486 e. The van der Waals surface area contributed by atoms with Crippen LogP contribution < -0.4 is 15.4 Å². The Labute approximate surface area is 120 Å². The number of nitrogens with zero attached hydrogens (tertiary/aromatic N) is 1. The fourth-order valence-electron chi connectivity index (χ4n) is 2.69. The molecule has 3 heteroatoms. The standard InChI is InChI=1S/C17H20N2O/c1-2-14-12-19(11-13-7-4-3-5-8-13)17-15(18)9-6-10-16(17)20-14/h3-10,14H,2,11-12,18H2,1H3. The van der Waals surface area contributed by atoms with Gasteiger partial charge in [0.2, 0.25) is 0 Å². The quantitative estimate of drug-likeness (QED) is 0.867. The van der Waals surface area contributed by atoms with Crippen molar-refractivity contribution in [2.45, 2.75) is 26.0 Å². The number of anilines is 2. The Morgan fingerprint density at radius 1 is 1.15 bits per heavy atom. The Hall–Kier alpha value is -2.16. The minimum atomic E-state index is 0.230. The molecule has 1 aliphatic heterocycles. The highest BCUT2D eigenvalue weighted by atomic mass is 16.5. The molecule has 0 aromatic heterocycles. The zero-order valence-corrected chi connectivity index (χ0v) is 11.8. The first-order valence-electron chi connectivity index (χ1n) is 7.12. The molecule has 2 aromatic rings. The summed E-state index contributed by atoms with van der Waals surface area (Å²) in [6.07, 6.45) is 1.23. The average Bonchev–Trinajstić information content (AvgIpc) is 2.48. The van der Waals surface area contributed by atoms with Gasteiger partial charge in [-0.1, -0.05) is 43.3 Å². The zero-order chi connectivity index (χ0) is 13.9. The summed E-state index contributed by atoms with van der Waals surface area (Å²) in [7, 11) is 0. The van der Waals surface area contributed by atoms with Gasteiger partial charge in [-0.3, -0.25) is 0 Å². The Kier molecular flexibility index (Phi) is 3.50. The van der Waals surface area contributed by atoms with Gasteiger partial charge >= 0.3 is 0 Å². The van der Waals surface area contributed by atoms with Crippen LogP contribution >= 0.6 is 0 Å². The summed E-state index contributed by atoms with van der Waals surface area (Å²) in [6, 6.07) is 16.4. The van der Waals surface area contributed by atoms with Crippen LogP contribution in [-0.4, -0.2) is 12.6 Å². The van der Waals surface area contributed by atoms with Crippen LogP contribution in [0.15, 0.2) is 48.5 Å². The molecule has 104 valence electrons. The molecule has 2 N–H and O–H groups in total. The number of fused-ring (bicyclic) bond motifs is 1. The third-order valence-electron chi connectivity index (χ3n) is 3.74. The number of nitrogen functional groups attached to an aromatic ring is 1. The highest BCUT2D eigenvalue weighted by Crippen LogP contribution is 2.39. The lowest BCUT2D eigenvalue weighted by Gasteiger charge is -2.36. The van der Waals surface area contributed by atoms with E-state index in [1.54, 1.807) is 0 Å². The van der Waals surface area contributed by atoms with Gasteiger partial charge in [-0.25, -0.2) is 0 Å². The molecule has 1 atom stereocenters. The van der Waals surface area contributed by atoms with E-state index in [0.717, 1.165) is 36.6 Å². The molecule has 0 bridgehead atoms. The van der Waals surface area contributed by atoms with Crippen molar-refractivity contribution in [3.8, 4) is 5.75 Å². The van der Waals surface area contributed by atoms with Crippen LogP contribution in [0.4, 0.5) is 11.4 Å². The van der Waals surface area contributed by atoms with Gasteiger partial charge in [-0.2, -0.15) is 0 Å². The molecule has 1 heterocycles. The van der Waals surface area contributed by atoms with E-state index < -0.39 is 0 Å². The van der Waals surface area contributed by atoms with Crippen molar-refractivity contribution in [2.24, 2.45) is 0 Å². The number of nitrogens with two attached hydrogens (primary N) is 1. The predicted molar refractivity (Wildman–Crippen MR) is 83.1 cm³/mol. The SMILES string of the molecule is CCC1CN(Cc2ccccc2)c2c(N)cccc2O1. The number of benzene rings is 2. The monoisotopic (exact) mass is 268 g/mol. The topological polar surface area (TPSA) is 38.5 Å². The molecule has 1 unspecified atom stereocenters. The molecule has 0 amide bonds. The molecule has 0 saturated heterocycles. The van der Waals surface area contributed by atoms with E-state index in [1.165, 1.54) is 5.56 Å². The van der Waals surface area contributed by atoms with Crippen molar-refractivity contribution >= 4 is 11.4 Å². The molecule has 0 saturated carbocycles. The molecule has 0 aliphatic carbocycles. The van der Waals surface area contributed by atoms with Gasteiger partial charge in [0.1, 0.15) is 17.5 Å². The van der Waals surface area contributed by atoms with Gasteiger partial charge in [0.15, 0.2) is 0 Å². The number of hydrogen-bond donors (Lipinski definition) is 1. The fraction of sp³-hybridized carbons (Fsp3) is 0.294. The molecular weight excluding hydrogens is 248 g/mol. The molecule has 0 spiro atoms. The van der Waals surface area contributed by atoms with Gasteiger partial charge in [-0.05, 0) is 24.1 Å². The van der Waals surface area contributed by atoms with Gasteiger partial charge in [0, 0.05) is 6.54 Å². The van der Waals surface area contributed by atoms with E-state index in [2.05, 4.69) is 36.1 Å². The van der Waals surface area contributed by atoms with Crippen LogP contribution in [0.1, 0.15) is 18.9 Å². The lowest BCUT2D eigenvalue weighted by Crippen LogP contribution is -2.39. The predicted octanol–water partition coefficient (Wildman–Crippen LogP) is 3.45. The molecular formula is C17H20N2O. The lowest BCUT2D eigenvalue weighted by molar-refractivity contribution is 0.189. The highest BCUT2D eigenvalue weighted by molar-refractivity contribution is 5.75. The van der Waals surface area contributed by atoms with Crippen LogP contribution in [0.3, 0.4) is 0 Å². The maximum atomic E-state index is 6.15. The first-order valence-corrected chi connectivity index (χ1v) is 7.12. The molecule has 1 aliphatic rings. The molecule has 0 fully saturated rings. The third-order valence-corrected chi connectivity index (χ3v) is 3.74. The van der Waals surface area contributed by atoms with Crippen LogP contribution in [-0.2, 0) is 6.54 Å². The maximum absolute atomic E-state index is 6.15. The highest BCUT2D eigenvalue weighted by Gasteiger charge is 2.26. The van der Waals surface area contributed by atoms with E-state index in [1.807, 2.05) is 24.3 Å². The van der Waals surface area contributed by atoms with Crippen LogP contribution in [0, 0.1) is 0 Å². The summed E-state index contributed by atoms with van der Waals surface area (Å²) < 4.78 is 6.01. The lowest BCUT2D eigenvalue weighted by atomic mass is 10.1. The van der Waals surface area contributed by atoms with Crippen LogP contribution in [0.2, 0.25) is 0 Å². The molecule has 20 heavy (non-hydrogen) atoms. The summed E-state index contributed by atoms with van der Waals surface area (Å²) in [4.78, 5) is 2.33. The molecule has 2 aromatic carbocycles. The minimum Gasteiger partial charge on any atom is -0.486 e. The van der Waals surface area contributed by atoms with Crippen molar-refractivity contribution in [3.05, 3.63) is 54.1 Å². The average molecular weight is 268 g/mol.